The van der Waals surface area contributed by atoms with Gasteiger partial charge in [0.2, 0.25) is 0 Å². The molecule has 1 fully saturated rings. The number of halogens is 4. The summed E-state index contributed by atoms with van der Waals surface area (Å²) in [4.78, 5) is 37.4. The van der Waals surface area contributed by atoms with Gasteiger partial charge >= 0.3 is 18.2 Å². The predicted molar refractivity (Wildman–Crippen MR) is 91.1 cm³/mol. The van der Waals surface area contributed by atoms with Crippen LogP contribution in [0.2, 0.25) is 0 Å². The average Bonchev–Trinajstić information content (AvgIpc) is 2.96. The monoisotopic (exact) mass is 417 g/mol. The van der Waals surface area contributed by atoms with Gasteiger partial charge in [0.25, 0.3) is 0 Å². The second-order valence-corrected chi connectivity index (χ2v) is 7.21. The van der Waals surface area contributed by atoms with Gasteiger partial charge in [0, 0.05) is 25.1 Å². The molecule has 0 radical (unpaired) electrons. The summed E-state index contributed by atoms with van der Waals surface area (Å²) in [5.74, 6) is -2.35. The zero-order valence-electron chi connectivity index (χ0n) is 15.6. The number of hydrogen-bond acceptors (Lipinski definition) is 5. The molecule has 158 valence electrons. The minimum absolute atomic E-state index is 0.00719. The molecule has 1 amide bonds. The fourth-order valence-corrected chi connectivity index (χ4v) is 3.64. The van der Waals surface area contributed by atoms with Gasteiger partial charge in [-0.3, -0.25) is 9.59 Å². The van der Waals surface area contributed by atoms with Crippen LogP contribution in [-0.4, -0.2) is 48.6 Å². The van der Waals surface area contributed by atoms with Gasteiger partial charge < -0.3 is 14.4 Å². The van der Waals surface area contributed by atoms with E-state index in [9.17, 15) is 31.9 Å². The topological polar surface area (TPSA) is 72.9 Å². The number of esters is 1. The van der Waals surface area contributed by atoms with E-state index in [2.05, 4.69) is 4.74 Å². The van der Waals surface area contributed by atoms with Gasteiger partial charge in [0.05, 0.1) is 11.5 Å². The number of amides is 1. The predicted octanol–water partition coefficient (Wildman–Crippen LogP) is 3.83. The molecule has 2 aliphatic rings. The highest BCUT2D eigenvalue weighted by molar-refractivity contribution is 6.04. The van der Waals surface area contributed by atoms with Crippen molar-refractivity contribution in [3.8, 4) is 5.75 Å². The summed E-state index contributed by atoms with van der Waals surface area (Å²) in [6, 6.07) is 2.39. The Morgan fingerprint density at radius 1 is 1.21 bits per heavy atom. The van der Waals surface area contributed by atoms with Gasteiger partial charge in [0.1, 0.15) is 11.6 Å². The Balaban J connectivity index is 1.59. The molecule has 1 heterocycles. The molecule has 6 nitrogen and oxygen atoms in total. The molecule has 1 aliphatic carbocycles. The van der Waals surface area contributed by atoms with Crippen molar-refractivity contribution in [2.24, 2.45) is 5.92 Å². The Morgan fingerprint density at radius 3 is 2.48 bits per heavy atom. The molecule has 1 aliphatic heterocycles. The molecule has 3 rings (SSSR count). The first-order valence-electron chi connectivity index (χ1n) is 9.12. The highest BCUT2D eigenvalue weighted by Crippen LogP contribution is 2.40. The second kappa shape index (κ2) is 8.00. The lowest BCUT2D eigenvalue weighted by Crippen LogP contribution is -2.42. The van der Waals surface area contributed by atoms with E-state index in [-0.39, 0.29) is 60.9 Å². The molecule has 29 heavy (non-hydrogen) atoms. The fraction of sp³-hybridized carbons (Fsp3) is 0.526. The number of rotatable bonds is 3. The van der Waals surface area contributed by atoms with Crippen molar-refractivity contribution in [3.05, 3.63) is 29.1 Å². The van der Waals surface area contributed by atoms with Gasteiger partial charge in [0.15, 0.2) is 12.4 Å². The van der Waals surface area contributed by atoms with Crippen molar-refractivity contribution in [3.63, 3.8) is 0 Å². The average molecular weight is 417 g/mol. The molecule has 0 bridgehead atoms. The molecule has 1 aromatic carbocycles. The normalized spacial score (nSPS) is 19.8. The van der Waals surface area contributed by atoms with E-state index in [1.165, 1.54) is 6.07 Å². The highest BCUT2D eigenvalue weighted by atomic mass is 19.4. The Kier molecular flexibility index (Phi) is 5.81. The SMILES string of the molecule is CC1CC(=O)c2c(OC(=O)C3CCN(C(=O)OCC(F)(F)F)CC3)ccc(F)c21. The summed E-state index contributed by atoms with van der Waals surface area (Å²) in [5, 5.41) is 0. The number of hydrogen-bond donors (Lipinski definition) is 0. The number of alkyl halides is 3. The van der Waals surface area contributed by atoms with E-state index >= 15 is 0 Å². The van der Waals surface area contributed by atoms with E-state index in [0.717, 1.165) is 11.0 Å². The summed E-state index contributed by atoms with van der Waals surface area (Å²) >= 11 is 0. The van der Waals surface area contributed by atoms with E-state index in [1.54, 1.807) is 6.92 Å². The number of fused-ring (bicyclic) bond motifs is 1. The van der Waals surface area contributed by atoms with Crippen molar-refractivity contribution in [2.45, 2.75) is 38.3 Å². The van der Waals surface area contributed by atoms with E-state index in [1.807, 2.05) is 0 Å². The summed E-state index contributed by atoms with van der Waals surface area (Å²) in [6.45, 7) is 0.115. The molecule has 1 unspecified atom stereocenters. The van der Waals surface area contributed by atoms with Crippen molar-refractivity contribution in [1.82, 2.24) is 4.90 Å². The molecule has 1 atom stereocenters. The minimum atomic E-state index is -4.61. The van der Waals surface area contributed by atoms with Crippen LogP contribution in [0, 0.1) is 11.7 Å². The molecule has 0 aromatic heterocycles. The first kappa shape index (κ1) is 21.1. The molecule has 0 N–H and O–H groups in total. The van der Waals surface area contributed by atoms with Gasteiger partial charge in [-0.1, -0.05) is 6.92 Å². The number of ether oxygens (including phenoxy) is 2. The van der Waals surface area contributed by atoms with Crippen LogP contribution in [0.1, 0.15) is 48.0 Å². The lowest BCUT2D eigenvalue weighted by Gasteiger charge is -2.30. The minimum Gasteiger partial charge on any atom is -0.440 e. The van der Waals surface area contributed by atoms with Crippen molar-refractivity contribution in [1.29, 1.82) is 0 Å². The second-order valence-electron chi connectivity index (χ2n) is 7.21. The number of likely N-dealkylation sites (tertiary alicyclic amines) is 1. The summed E-state index contributed by atoms with van der Waals surface area (Å²) in [5.41, 5.74) is 0.321. The summed E-state index contributed by atoms with van der Waals surface area (Å²) < 4.78 is 59.9. The van der Waals surface area contributed by atoms with Crippen LogP contribution < -0.4 is 4.74 Å². The molecular weight excluding hydrogens is 398 g/mol. The van der Waals surface area contributed by atoms with E-state index in [4.69, 9.17) is 4.74 Å². The third-order valence-corrected chi connectivity index (χ3v) is 5.07. The smallest absolute Gasteiger partial charge is 0.422 e. The van der Waals surface area contributed by atoms with Crippen molar-refractivity contribution < 1.29 is 41.4 Å². The van der Waals surface area contributed by atoms with Gasteiger partial charge in [-0.2, -0.15) is 13.2 Å². The van der Waals surface area contributed by atoms with Gasteiger partial charge in [-0.25, -0.2) is 9.18 Å². The van der Waals surface area contributed by atoms with Crippen LogP contribution in [0.3, 0.4) is 0 Å². The number of ketones is 1. The maximum atomic E-state index is 14.0. The molecule has 10 heteroatoms. The molecule has 0 spiro atoms. The van der Waals surface area contributed by atoms with Crippen LogP contribution in [0.25, 0.3) is 0 Å². The zero-order chi connectivity index (χ0) is 21.3. The molecule has 0 saturated carbocycles. The van der Waals surface area contributed by atoms with Crippen LogP contribution in [0.15, 0.2) is 12.1 Å². The Hall–Kier alpha value is -2.65. The van der Waals surface area contributed by atoms with Crippen LogP contribution >= 0.6 is 0 Å². The van der Waals surface area contributed by atoms with Crippen LogP contribution in [0.5, 0.6) is 5.75 Å². The zero-order valence-corrected chi connectivity index (χ0v) is 15.6. The first-order chi connectivity index (χ1) is 13.6. The first-order valence-corrected chi connectivity index (χ1v) is 9.12. The molecule has 1 aromatic rings. The maximum absolute atomic E-state index is 14.0. The largest absolute Gasteiger partial charge is 0.440 e. The molecular formula is C19H19F4NO5. The highest BCUT2D eigenvalue weighted by Gasteiger charge is 2.36. The number of piperidine rings is 1. The Labute approximate surface area is 163 Å². The van der Waals surface area contributed by atoms with Gasteiger partial charge in [-0.15, -0.1) is 0 Å². The summed E-state index contributed by atoms with van der Waals surface area (Å²) in [7, 11) is 0. The van der Waals surface area contributed by atoms with Crippen molar-refractivity contribution in [2.75, 3.05) is 19.7 Å². The van der Waals surface area contributed by atoms with E-state index < -0.39 is 36.6 Å². The third-order valence-electron chi connectivity index (χ3n) is 5.07. The Bertz CT molecular complexity index is 831. The Morgan fingerprint density at radius 2 is 1.86 bits per heavy atom. The quantitative estimate of drug-likeness (QED) is 0.425. The number of Topliss-reactive ketones (excluding diaryl/α,β-unsaturated/α-hetero) is 1. The van der Waals surface area contributed by atoms with E-state index in [0.29, 0.717) is 0 Å². The molecule has 1 saturated heterocycles. The number of carbonyl (C=O) groups excluding carboxylic acids is 3. The van der Waals surface area contributed by atoms with Gasteiger partial charge in [-0.05, 0) is 30.9 Å². The number of nitrogens with zero attached hydrogens (tertiary/aromatic N) is 1. The third kappa shape index (κ3) is 4.68. The van der Waals surface area contributed by atoms with Crippen molar-refractivity contribution >= 4 is 17.8 Å². The number of carbonyl (C=O) groups is 3. The summed E-state index contributed by atoms with van der Waals surface area (Å²) in [6.07, 6.45) is -5.21. The maximum Gasteiger partial charge on any atom is 0.422 e. The van der Waals surface area contributed by atoms with Crippen LogP contribution in [0.4, 0.5) is 22.4 Å². The standard InChI is InChI=1S/C19H19F4NO5/c1-10-8-13(25)16-14(3-2-12(20)15(10)16)29-17(26)11-4-6-24(7-5-11)18(27)28-9-19(21,22)23/h2-3,10-11H,4-9H2,1H3. The lowest BCUT2D eigenvalue weighted by atomic mass is 9.97. The lowest BCUT2D eigenvalue weighted by molar-refractivity contribution is -0.162. The number of benzene rings is 1. The fourth-order valence-electron chi connectivity index (χ4n) is 3.64. The van der Waals surface area contributed by atoms with Crippen LogP contribution in [-0.2, 0) is 9.53 Å².